The van der Waals surface area contributed by atoms with Gasteiger partial charge in [0.2, 0.25) is 0 Å². The highest BCUT2D eigenvalue weighted by Crippen LogP contribution is 2.38. The number of benzene rings is 1. The Hall–Kier alpha value is -0.180. The van der Waals surface area contributed by atoms with E-state index in [1.165, 1.54) is 61.2 Å². The maximum absolute atomic E-state index is 6.21. The van der Waals surface area contributed by atoms with Gasteiger partial charge in [0.05, 0.1) is 0 Å². The van der Waals surface area contributed by atoms with E-state index in [1.54, 1.807) is 0 Å². The van der Waals surface area contributed by atoms with Crippen LogP contribution in [0.5, 0.6) is 0 Å². The number of halogens is 1. The Balaban J connectivity index is 1.69. The second-order valence-electron chi connectivity index (χ2n) is 6.58. The van der Waals surface area contributed by atoms with Gasteiger partial charge in [0.15, 0.2) is 0 Å². The van der Waals surface area contributed by atoms with Crippen molar-refractivity contribution in [1.29, 1.82) is 0 Å². The van der Waals surface area contributed by atoms with Crippen molar-refractivity contribution in [3.8, 4) is 0 Å². The molecule has 21 heavy (non-hydrogen) atoms. The highest BCUT2D eigenvalue weighted by atomic mass is 35.5. The van der Waals surface area contributed by atoms with Crippen LogP contribution in [0.25, 0.3) is 0 Å². The molecule has 1 heterocycles. The minimum Gasteiger partial charge on any atom is -0.307 e. The summed E-state index contributed by atoms with van der Waals surface area (Å²) >= 11 is 8.18. The van der Waals surface area contributed by atoms with E-state index in [0.717, 1.165) is 10.9 Å². The van der Waals surface area contributed by atoms with Crippen molar-refractivity contribution in [3.63, 3.8) is 0 Å². The van der Waals surface area contributed by atoms with Crippen molar-refractivity contribution in [2.75, 3.05) is 5.75 Å². The predicted molar refractivity (Wildman–Crippen MR) is 93.3 cm³/mol. The lowest BCUT2D eigenvalue weighted by Crippen LogP contribution is -2.37. The minimum atomic E-state index is 0.484. The lowest BCUT2D eigenvalue weighted by Gasteiger charge is -2.32. The molecule has 3 heteroatoms. The Morgan fingerprint density at radius 2 is 1.90 bits per heavy atom. The molecular formula is C18H26ClNS. The molecule has 1 nitrogen and oxygen atoms in total. The zero-order valence-corrected chi connectivity index (χ0v) is 14.5. The molecule has 1 aliphatic carbocycles. The van der Waals surface area contributed by atoms with Crippen molar-refractivity contribution >= 4 is 23.4 Å². The van der Waals surface area contributed by atoms with Crippen LogP contribution in [0, 0.1) is 5.92 Å². The van der Waals surface area contributed by atoms with Crippen molar-refractivity contribution < 1.29 is 0 Å². The second-order valence-corrected chi connectivity index (χ2v) is 8.15. The van der Waals surface area contributed by atoms with E-state index >= 15 is 0 Å². The first kappa shape index (κ1) is 15.7. The fourth-order valence-electron chi connectivity index (χ4n) is 3.80. The number of rotatable bonds is 3. The van der Waals surface area contributed by atoms with Crippen molar-refractivity contribution in [2.24, 2.45) is 5.92 Å². The topological polar surface area (TPSA) is 12.0 Å². The molecule has 0 bridgehead atoms. The zero-order valence-electron chi connectivity index (χ0n) is 12.9. The van der Waals surface area contributed by atoms with Crippen molar-refractivity contribution in [1.82, 2.24) is 5.32 Å². The van der Waals surface area contributed by atoms with E-state index in [0.29, 0.717) is 12.1 Å². The molecule has 2 aliphatic rings. The molecule has 116 valence electrons. The Kier molecular flexibility index (Phi) is 5.53. The third kappa shape index (κ3) is 3.97. The quantitative estimate of drug-likeness (QED) is 0.703. The van der Waals surface area contributed by atoms with Crippen LogP contribution >= 0.6 is 23.4 Å². The van der Waals surface area contributed by atoms with Crippen molar-refractivity contribution in [3.05, 3.63) is 28.8 Å². The summed E-state index contributed by atoms with van der Waals surface area (Å²) in [5.74, 6) is 2.06. The summed E-state index contributed by atoms with van der Waals surface area (Å²) in [6, 6.07) is 7.47. The normalized spacial score (nSPS) is 25.1. The molecule has 0 saturated heterocycles. The van der Waals surface area contributed by atoms with Gasteiger partial charge < -0.3 is 5.32 Å². The predicted octanol–water partition coefficient (Wildman–Crippen LogP) is 5.83. The SMILES string of the molecule is C[C@@H](NC1CCSc2ccc(Cl)cc21)C1CCCCCC1. The fourth-order valence-corrected chi connectivity index (χ4v) is 5.09. The smallest absolute Gasteiger partial charge is 0.0410 e. The molecule has 0 spiro atoms. The third-order valence-electron chi connectivity index (χ3n) is 5.08. The maximum Gasteiger partial charge on any atom is 0.0410 e. The molecule has 0 aromatic heterocycles. The maximum atomic E-state index is 6.21. The molecule has 1 unspecified atom stereocenters. The van der Waals surface area contributed by atoms with Crippen LogP contribution in [-0.4, -0.2) is 11.8 Å². The van der Waals surface area contributed by atoms with E-state index in [-0.39, 0.29) is 0 Å². The molecule has 1 saturated carbocycles. The van der Waals surface area contributed by atoms with Gasteiger partial charge in [0.1, 0.15) is 0 Å². The summed E-state index contributed by atoms with van der Waals surface area (Å²) < 4.78 is 0. The molecule has 1 N–H and O–H groups in total. The van der Waals surface area contributed by atoms with Gasteiger partial charge in [-0.15, -0.1) is 11.8 Å². The van der Waals surface area contributed by atoms with Crippen LogP contribution in [-0.2, 0) is 0 Å². The summed E-state index contributed by atoms with van der Waals surface area (Å²) in [4.78, 5) is 1.41. The molecule has 1 fully saturated rings. The first-order valence-electron chi connectivity index (χ1n) is 8.42. The molecule has 1 aromatic carbocycles. The van der Waals surface area contributed by atoms with Gasteiger partial charge >= 0.3 is 0 Å². The summed E-state index contributed by atoms with van der Waals surface area (Å²) in [6.45, 7) is 2.39. The van der Waals surface area contributed by atoms with E-state index in [1.807, 2.05) is 17.8 Å². The highest BCUT2D eigenvalue weighted by Gasteiger charge is 2.26. The van der Waals surface area contributed by atoms with Gasteiger partial charge in [0, 0.05) is 22.0 Å². The Morgan fingerprint density at radius 1 is 1.14 bits per heavy atom. The van der Waals surface area contributed by atoms with Gasteiger partial charge in [-0.25, -0.2) is 0 Å². The number of hydrogen-bond donors (Lipinski definition) is 1. The Bertz CT molecular complexity index is 468. The summed E-state index contributed by atoms with van der Waals surface area (Å²) in [5, 5.41) is 4.79. The number of hydrogen-bond acceptors (Lipinski definition) is 2. The lowest BCUT2D eigenvalue weighted by molar-refractivity contribution is 0.305. The van der Waals surface area contributed by atoms with Gasteiger partial charge in [-0.05, 0) is 61.6 Å². The largest absolute Gasteiger partial charge is 0.307 e. The van der Waals surface area contributed by atoms with Crippen LogP contribution in [0.1, 0.15) is 63.5 Å². The van der Waals surface area contributed by atoms with E-state index in [9.17, 15) is 0 Å². The van der Waals surface area contributed by atoms with Crippen LogP contribution in [0.3, 0.4) is 0 Å². The molecule has 2 atom stereocenters. The average molecular weight is 324 g/mol. The summed E-state index contributed by atoms with van der Waals surface area (Å²) in [7, 11) is 0. The van der Waals surface area contributed by atoms with Gasteiger partial charge in [0.25, 0.3) is 0 Å². The lowest BCUT2D eigenvalue weighted by atomic mass is 9.91. The van der Waals surface area contributed by atoms with Crippen LogP contribution < -0.4 is 5.32 Å². The molecule has 1 aliphatic heterocycles. The monoisotopic (exact) mass is 323 g/mol. The average Bonchev–Trinajstić information content (AvgIpc) is 2.77. The first-order valence-corrected chi connectivity index (χ1v) is 9.78. The molecule has 1 aromatic rings. The Labute approximate surface area is 138 Å². The fraction of sp³-hybridized carbons (Fsp3) is 0.667. The van der Waals surface area contributed by atoms with E-state index < -0.39 is 0 Å². The molecule has 0 amide bonds. The highest BCUT2D eigenvalue weighted by molar-refractivity contribution is 7.99. The molecular weight excluding hydrogens is 298 g/mol. The van der Waals surface area contributed by atoms with Gasteiger partial charge in [-0.2, -0.15) is 0 Å². The Morgan fingerprint density at radius 3 is 2.67 bits per heavy atom. The summed E-state index contributed by atoms with van der Waals surface area (Å²) in [6.07, 6.45) is 9.72. The van der Waals surface area contributed by atoms with Crippen LogP contribution in [0.15, 0.2) is 23.1 Å². The summed E-state index contributed by atoms with van der Waals surface area (Å²) in [5.41, 5.74) is 1.42. The van der Waals surface area contributed by atoms with E-state index in [2.05, 4.69) is 24.4 Å². The van der Waals surface area contributed by atoms with Gasteiger partial charge in [-0.1, -0.05) is 37.3 Å². The van der Waals surface area contributed by atoms with Crippen LogP contribution in [0.2, 0.25) is 5.02 Å². The van der Waals surface area contributed by atoms with E-state index in [4.69, 9.17) is 11.6 Å². The van der Waals surface area contributed by atoms with Gasteiger partial charge in [-0.3, -0.25) is 0 Å². The third-order valence-corrected chi connectivity index (χ3v) is 6.44. The number of nitrogens with one attached hydrogen (secondary N) is 1. The zero-order chi connectivity index (χ0) is 14.7. The van der Waals surface area contributed by atoms with Crippen molar-refractivity contribution in [2.45, 2.75) is 68.8 Å². The molecule has 3 rings (SSSR count). The first-order chi connectivity index (χ1) is 10.2. The standard InChI is InChI=1S/C18H26ClNS/c1-13(14-6-4-2-3-5-7-14)20-17-10-11-21-18-9-8-15(19)12-16(17)18/h8-9,12-14,17,20H,2-7,10-11H2,1H3/t13-,17?/m1/s1. The molecule has 0 radical (unpaired) electrons. The minimum absolute atomic E-state index is 0.484. The number of thioether (sulfide) groups is 1. The number of fused-ring (bicyclic) bond motifs is 1. The second kappa shape index (κ2) is 7.39. The van der Waals surface area contributed by atoms with Crippen LogP contribution in [0.4, 0.5) is 0 Å².